The summed E-state index contributed by atoms with van der Waals surface area (Å²) in [4.78, 5) is 27.8. The third-order valence-corrected chi connectivity index (χ3v) is 3.95. The minimum atomic E-state index is -0.730. The van der Waals surface area contributed by atoms with E-state index in [0.29, 0.717) is 13.2 Å². The van der Waals surface area contributed by atoms with Gasteiger partial charge in [0.1, 0.15) is 5.60 Å². The predicted octanol–water partition coefficient (Wildman–Crippen LogP) is 2.30. The van der Waals surface area contributed by atoms with Crippen LogP contribution in [0.3, 0.4) is 0 Å². The quantitative estimate of drug-likeness (QED) is 0.786. The van der Waals surface area contributed by atoms with Gasteiger partial charge in [0.05, 0.1) is 32.4 Å². The summed E-state index contributed by atoms with van der Waals surface area (Å²) in [5.74, 6) is -0.184. The van der Waals surface area contributed by atoms with E-state index in [0.717, 1.165) is 5.56 Å². The number of morpholine rings is 1. The summed E-state index contributed by atoms with van der Waals surface area (Å²) in [7, 11) is 3.33. The lowest BCUT2D eigenvalue weighted by molar-refractivity contribution is -0.159. The Balaban J connectivity index is 1.99. The molecule has 1 aliphatic heterocycles. The first-order valence-corrected chi connectivity index (χ1v) is 9.12. The molecule has 0 spiro atoms. The van der Waals surface area contributed by atoms with Crippen LogP contribution in [0.15, 0.2) is 30.3 Å². The van der Waals surface area contributed by atoms with Crippen LogP contribution < -0.4 is 0 Å². The molecule has 7 heteroatoms. The fraction of sp³-hybridized carbons (Fsp3) is 0.600. The number of hydrogen-bond acceptors (Lipinski definition) is 5. The third kappa shape index (κ3) is 6.84. The van der Waals surface area contributed by atoms with E-state index < -0.39 is 23.9 Å². The first-order chi connectivity index (χ1) is 12.7. The fourth-order valence-electron chi connectivity index (χ4n) is 2.71. The topological polar surface area (TPSA) is 68.3 Å². The van der Waals surface area contributed by atoms with E-state index in [1.165, 1.54) is 9.80 Å². The normalized spacial score (nSPS) is 20.3. The number of rotatable bonds is 5. The van der Waals surface area contributed by atoms with E-state index in [1.807, 2.05) is 51.1 Å². The summed E-state index contributed by atoms with van der Waals surface area (Å²) in [6.07, 6.45) is -1.58. The van der Waals surface area contributed by atoms with Crippen LogP contribution >= 0.6 is 0 Å². The molecule has 2 rings (SSSR count). The zero-order chi connectivity index (χ0) is 20.0. The smallest absolute Gasteiger partial charge is 0.410 e. The second-order valence-corrected chi connectivity index (χ2v) is 7.87. The van der Waals surface area contributed by atoms with Crippen molar-refractivity contribution in [2.24, 2.45) is 0 Å². The molecule has 27 heavy (non-hydrogen) atoms. The van der Waals surface area contributed by atoms with Gasteiger partial charge in [0.25, 0.3) is 5.91 Å². The summed E-state index contributed by atoms with van der Waals surface area (Å²) in [5.41, 5.74) is 0.452. The first kappa shape index (κ1) is 21.2. The summed E-state index contributed by atoms with van der Waals surface area (Å²) < 4.78 is 17.1. The minimum absolute atomic E-state index is 0.168. The van der Waals surface area contributed by atoms with E-state index >= 15 is 0 Å². The van der Waals surface area contributed by atoms with Crippen molar-refractivity contribution in [3.8, 4) is 0 Å². The van der Waals surface area contributed by atoms with Crippen LogP contribution in [0.2, 0.25) is 0 Å². The molecular formula is C20H30N2O5. The Morgan fingerprint density at radius 3 is 2.44 bits per heavy atom. The van der Waals surface area contributed by atoms with Crippen molar-refractivity contribution in [3.63, 3.8) is 0 Å². The second kappa shape index (κ2) is 9.19. The molecule has 0 unspecified atom stereocenters. The fourth-order valence-corrected chi connectivity index (χ4v) is 2.71. The van der Waals surface area contributed by atoms with Crippen molar-refractivity contribution in [2.75, 3.05) is 33.8 Å². The highest BCUT2D eigenvalue weighted by atomic mass is 16.6. The van der Waals surface area contributed by atoms with Crippen LogP contribution in [0, 0.1) is 0 Å². The molecular weight excluding hydrogens is 348 g/mol. The van der Waals surface area contributed by atoms with Crippen LogP contribution in [-0.2, 0) is 25.6 Å². The van der Waals surface area contributed by atoms with Gasteiger partial charge in [-0.1, -0.05) is 30.3 Å². The standard InChI is InChI=1S/C20H30N2O5/c1-20(2,3)27-19(24)22-11-16(26-17(12-22)18(23)21(4)5)14-25-13-15-9-7-6-8-10-15/h6-10,16-17H,11-14H2,1-5H3/t16-,17+/m1/s1. The van der Waals surface area contributed by atoms with Crippen molar-refractivity contribution in [1.29, 1.82) is 0 Å². The van der Waals surface area contributed by atoms with Gasteiger partial charge in [-0.2, -0.15) is 0 Å². The van der Waals surface area contributed by atoms with Gasteiger partial charge in [0.15, 0.2) is 6.10 Å². The number of amides is 2. The van der Waals surface area contributed by atoms with Crippen molar-refractivity contribution in [2.45, 2.75) is 45.2 Å². The molecule has 0 saturated carbocycles. The number of nitrogens with zero attached hydrogens (tertiary/aromatic N) is 2. The first-order valence-electron chi connectivity index (χ1n) is 9.12. The van der Waals surface area contributed by atoms with Gasteiger partial charge in [0, 0.05) is 14.1 Å². The van der Waals surface area contributed by atoms with E-state index in [4.69, 9.17) is 14.2 Å². The summed E-state index contributed by atoms with van der Waals surface area (Å²) in [6, 6.07) is 9.81. The van der Waals surface area contributed by atoms with Gasteiger partial charge in [-0.3, -0.25) is 4.79 Å². The van der Waals surface area contributed by atoms with Gasteiger partial charge in [-0.25, -0.2) is 4.79 Å². The van der Waals surface area contributed by atoms with Gasteiger partial charge >= 0.3 is 6.09 Å². The molecule has 0 bridgehead atoms. The van der Waals surface area contributed by atoms with E-state index in [-0.39, 0.29) is 19.1 Å². The number of hydrogen-bond donors (Lipinski definition) is 0. The molecule has 2 atom stereocenters. The molecule has 1 aromatic rings. The van der Waals surface area contributed by atoms with Gasteiger partial charge in [-0.15, -0.1) is 0 Å². The molecule has 0 aliphatic carbocycles. The van der Waals surface area contributed by atoms with E-state index in [9.17, 15) is 9.59 Å². The highest BCUT2D eigenvalue weighted by Crippen LogP contribution is 2.18. The molecule has 1 aliphatic rings. The number of carbonyl (C=O) groups excluding carboxylic acids is 2. The van der Waals surface area contributed by atoms with Crippen molar-refractivity contribution < 1.29 is 23.8 Å². The molecule has 2 amide bonds. The molecule has 7 nitrogen and oxygen atoms in total. The lowest BCUT2D eigenvalue weighted by Gasteiger charge is -2.38. The Hall–Kier alpha value is -2.12. The van der Waals surface area contributed by atoms with Crippen molar-refractivity contribution in [1.82, 2.24) is 9.80 Å². The molecule has 1 saturated heterocycles. The third-order valence-electron chi connectivity index (χ3n) is 3.95. The van der Waals surface area contributed by atoms with Gasteiger partial charge in [-0.05, 0) is 26.3 Å². The highest BCUT2D eigenvalue weighted by Gasteiger charge is 2.37. The number of carbonyl (C=O) groups is 2. The Labute approximate surface area is 161 Å². The number of benzene rings is 1. The number of ether oxygens (including phenoxy) is 3. The summed E-state index contributed by atoms with van der Waals surface area (Å²) >= 11 is 0. The number of likely N-dealkylation sites (N-methyl/N-ethyl adjacent to an activating group) is 1. The Kier molecular flexibility index (Phi) is 7.21. The van der Waals surface area contributed by atoms with Crippen molar-refractivity contribution >= 4 is 12.0 Å². The summed E-state index contributed by atoms with van der Waals surface area (Å²) in [6.45, 7) is 6.66. The molecule has 1 aromatic carbocycles. The van der Waals surface area contributed by atoms with Crippen LogP contribution in [0.5, 0.6) is 0 Å². The van der Waals surface area contributed by atoms with Crippen LogP contribution in [-0.4, -0.2) is 73.4 Å². The van der Waals surface area contributed by atoms with Crippen LogP contribution in [0.4, 0.5) is 4.79 Å². The minimum Gasteiger partial charge on any atom is -0.444 e. The average molecular weight is 378 g/mol. The zero-order valence-corrected chi connectivity index (χ0v) is 16.8. The average Bonchev–Trinajstić information content (AvgIpc) is 2.60. The second-order valence-electron chi connectivity index (χ2n) is 7.87. The molecule has 150 valence electrons. The van der Waals surface area contributed by atoms with Crippen LogP contribution in [0.25, 0.3) is 0 Å². The van der Waals surface area contributed by atoms with E-state index in [1.54, 1.807) is 14.1 Å². The monoisotopic (exact) mass is 378 g/mol. The van der Waals surface area contributed by atoms with Crippen molar-refractivity contribution in [3.05, 3.63) is 35.9 Å². The lowest BCUT2D eigenvalue weighted by Crippen LogP contribution is -2.56. The van der Waals surface area contributed by atoms with Crippen LogP contribution in [0.1, 0.15) is 26.3 Å². The Morgan fingerprint density at radius 1 is 1.19 bits per heavy atom. The molecule has 1 heterocycles. The Morgan fingerprint density at radius 2 is 1.85 bits per heavy atom. The molecule has 1 fully saturated rings. The zero-order valence-electron chi connectivity index (χ0n) is 16.8. The maximum atomic E-state index is 12.5. The lowest BCUT2D eigenvalue weighted by atomic mass is 10.2. The van der Waals surface area contributed by atoms with Gasteiger partial charge in [0.2, 0.25) is 0 Å². The Bertz CT molecular complexity index is 627. The largest absolute Gasteiger partial charge is 0.444 e. The van der Waals surface area contributed by atoms with Gasteiger partial charge < -0.3 is 24.0 Å². The predicted molar refractivity (Wildman–Crippen MR) is 101 cm³/mol. The molecule has 0 N–H and O–H groups in total. The van der Waals surface area contributed by atoms with E-state index in [2.05, 4.69) is 0 Å². The maximum Gasteiger partial charge on any atom is 0.410 e. The highest BCUT2D eigenvalue weighted by molar-refractivity contribution is 5.81. The molecule has 0 radical (unpaired) electrons. The maximum absolute atomic E-state index is 12.5. The molecule has 0 aromatic heterocycles. The SMILES string of the molecule is CN(C)C(=O)[C@@H]1CN(C(=O)OC(C)(C)C)C[C@H](COCc2ccccc2)O1. The summed E-state index contributed by atoms with van der Waals surface area (Å²) in [5, 5.41) is 0.